The molecule has 0 bridgehead atoms. The van der Waals surface area contributed by atoms with Gasteiger partial charge in [0.2, 0.25) is 0 Å². The lowest BCUT2D eigenvalue weighted by Gasteiger charge is -2.14. The topological polar surface area (TPSA) is 58.9 Å². The van der Waals surface area contributed by atoms with Crippen molar-refractivity contribution in [1.29, 1.82) is 0 Å². The predicted molar refractivity (Wildman–Crippen MR) is 101 cm³/mol. The molecule has 0 aliphatic carbocycles. The van der Waals surface area contributed by atoms with E-state index in [1.54, 1.807) is 18.0 Å². The molecule has 0 unspecified atom stereocenters. The molecule has 0 fully saturated rings. The van der Waals surface area contributed by atoms with Gasteiger partial charge in [-0.2, -0.15) is 0 Å². The SMILES string of the molecule is CSc1cccc(NC(=O)C[NH2+][C@@H](c2ccccc2)c2ccco2)c1. The highest BCUT2D eigenvalue weighted by molar-refractivity contribution is 7.98. The number of hydrogen-bond donors (Lipinski definition) is 2. The first-order valence-electron chi connectivity index (χ1n) is 8.12. The molecular formula is C20H21N2O2S+. The fourth-order valence-corrected chi connectivity index (χ4v) is 3.14. The average molecular weight is 353 g/mol. The molecular weight excluding hydrogens is 332 g/mol. The van der Waals surface area contributed by atoms with Gasteiger partial charge in [0.1, 0.15) is 0 Å². The fraction of sp³-hybridized carbons (Fsp3) is 0.150. The first-order valence-corrected chi connectivity index (χ1v) is 9.34. The summed E-state index contributed by atoms with van der Waals surface area (Å²) >= 11 is 1.65. The monoisotopic (exact) mass is 353 g/mol. The lowest BCUT2D eigenvalue weighted by atomic mass is 10.0. The maximum absolute atomic E-state index is 12.3. The molecule has 3 rings (SSSR count). The van der Waals surface area contributed by atoms with Crippen molar-refractivity contribution in [1.82, 2.24) is 0 Å². The predicted octanol–water partition coefficient (Wildman–Crippen LogP) is 3.29. The number of nitrogens with two attached hydrogens (primary N) is 1. The summed E-state index contributed by atoms with van der Waals surface area (Å²) in [5, 5.41) is 4.94. The van der Waals surface area contributed by atoms with Crippen molar-refractivity contribution in [3.63, 3.8) is 0 Å². The third-order valence-electron chi connectivity index (χ3n) is 3.90. The van der Waals surface area contributed by atoms with Crippen LogP contribution in [-0.2, 0) is 4.79 Å². The van der Waals surface area contributed by atoms with Gasteiger partial charge in [-0.05, 0) is 36.6 Å². The number of hydrogen-bond acceptors (Lipinski definition) is 3. The molecule has 1 amide bonds. The minimum atomic E-state index is -0.0421. The number of amides is 1. The number of quaternary nitrogens is 1. The summed E-state index contributed by atoms with van der Waals surface area (Å²) < 4.78 is 5.57. The van der Waals surface area contributed by atoms with Gasteiger partial charge in [0.05, 0.1) is 6.26 Å². The second-order valence-corrected chi connectivity index (χ2v) is 6.50. The van der Waals surface area contributed by atoms with Gasteiger partial charge in [0, 0.05) is 16.1 Å². The van der Waals surface area contributed by atoms with Crippen LogP contribution in [0.4, 0.5) is 5.69 Å². The third-order valence-corrected chi connectivity index (χ3v) is 4.63. The second-order valence-electron chi connectivity index (χ2n) is 5.62. The molecule has 1 atom stereocenters. The highest BCUT2D eigenvalue weighted by Gasteiger charge is 2.21. The van der Waals surface area contributed by atoms with E-state index in [1.165, 1.54) is 0 Å². The number of rotatable bonds is 7. The van der Waals surface area contributed by atoms with Gasteiger partial charge in [0.25, 0.3) is 5.91 Å². The molecule has 0 spiro atoms. The summed E-state index contributed by atoms with van der Waals surface area (Å²) in [5.74, 6) is 0.800. The Hall–Kier alpha value is -2.50. The van der Waals surface area contributed by atoms with E-state index < -0.39 is 0 Å². The lowest BCUT2D eigenvalue weighted by molar-refractivity contribution is -0.678. The molecule has 4 nitrogen and oxygen atoms in total. The van der Waals surface area contributed by atoms with Crippen LogP contribution in [0.2, 0.25) is 0 Å². The van der Waals surface area contributed by atoms with E-state index in [0.717, 1.165) is 21.9 Å². The smallest absolute Gasteiger partial charge is 0.279 e. The Kier molecular flexibility index (Phi) is 5.93. The van der Waals surface area contributed by atoms with Gasteiger partial charge in [-0.3, -0.25) is 4.79 Å². The molecule has 128 valence electrons. The Bertz CT molecular complexity index is 804. The largest absolute Gasteiger partial charge is 0.463 e. The first kappa shape index (κ1) is 17.3. The zero-order valence-corrected chi connectivity index (χ0v) is 14.8. The zero-order chi connectivity index (χ0) is 17.5. The summed E-state index contributed by atoms with van der Waals surface area (Å²) in [5.41, 5.74) is 1.93. The molecule has 0 radical (unpaired) electrons. The number of carbonyl (C=O) groups is 1. The maximum atomic E-state index is 12.3. The van der Waals surface area contributed by atoms with Crippen molar-refractivity contribution < 1.29 is 14.5 Å². The Morgan fingerprint density at radius 2 is 1.96 bits per heavy atom. The van der Waals surface area contributed by atoms with Gasteiger partial charge in [-0.15, -0.1) is 11.8 Å². The van der Waals surface area contributed by atoms with E-state index in [4.69, 9.17) is 4.42 Å². The van der Waals surface area contributed by atoms with Gasteiger partial charge in [-0.1, -0.05) is 36.4 Å². The zero-order valence-electron chi connectivity index (χ0n) is 14.0. The van der Waals surface area contributed by atoms with E-state index in [-0.39, 0.29) is 11.9 Å². The summed E-state index contributed by atoms with van der Waals surface area (Å²) in [6, 6.07) is 21.7. The fourth-order valence-electron chi connectivity index (χ4n) is 2.68. The summed E-state index contributed by atoms with van der Waals surface area (Å²) in [6.45, 7) is 0.309. The van der Waals surface area contributed by atoms with Crippen LogP contribution in [0.15, 0.2) is 82.3 Å². The molecule has 1 aromatic heterocycles. The molecule has 0 aliphatic heterocycles. The van der Waals surface area contributed by atoms with E-state index >= 15 is 0 Å². The van der Waals surface area contributed by atoms with E-state index in [1.807, 2.05) is 78.3 Å². The number of anilines is 1. The molecule has 3 N–H and O–H groups in total. The molecule has 5 heteroatoms. The van der Waals surface area contributed by atoms with Crippen molar-refractivity contribution in [2.75, 3.05) is 18.1 Å². The van der Waals surface area contributed by atoms with Crippen LogP contribution in [-0.4, -0.2) is 18.7 Å². The molecule has 2 aromatic carbocycles. The summed E-state index contributed by atoms with van der Waals surface area (Å²) in [6.07, 6.45) is 3.68. The normalized spacial score (nSPS) is 11.9. The molecule has 0 aliphatic rings. The summed E-state index contributed by atoms with van der Waals surface area (Å²) in [4.78, 5) is 13.5. The molecule has 3 aromatic rings. The molecule has 0 saturated heterocycles. The Morgan fingerprint density at radius 3 is 2.68 bits per heavy atom. The lowest BCUT2D eigenvalue weighted by Crippen LogP contribution is -2.87. The Labute approximate surface area is 151 Å². The number of furan rings is 1. The van der Waals surface area contributed by atoms with Crippen LogP contribution in [0, 0.1) is 0 Å². The summed E-state index contributed by atoms with van der Waals surface area (Å²) in [7, 11) is 0. The minimum absolute atomic E-state index is 0.0364. The van der Waals surface area contributed by atoms with Crippen LogP contribution in [0.3, 0.4) is 0 Å². The number of carbonyl (C=O) groups excluding carboxylic acids is 1. The van der Waals surface area contributed by atoms with Crippen LogP contribution >= 0.6 is 11.8 Å². The quantitative estimate of drug-likeness (QED) is 0.641. The Morgan fingerprint density at radius 1 is 1.12 bits per heavy atom. The van der Waals surface area contributed by atoms with Crippen molar-refractivity contribution in [2.24, 2.45) is 0 Å². The van der Waals surface area contributed by atoms with Crippen LogP contribution < -0.4 is 10.6 Å². The van der Waals surface area contributed by atoms with Crippen molar-refractivity contribution in [3.8, 4) is 0 Å². The number of benzene rings is 2. The van der Waals surface area contributed by atoms with Gasteiger partial charge in [-0.25, -0.2) is 0 Å². The second kappa shape index (κ2) is 8.55. The highest BCUT2D eigenvalue weighted by atomic mass is 32.2. The standard InChI is InChI=1S/C20H20N2O2S/c1-25-17-10-5-9-16(13-17)22-19(23)14-21-20(18-11-6-12-24-18)15-7-3-2-4-8-15/h2-13,20-21H,14H2,1H3,(H,22,23)/p+1/t20-/m0/s1. The third kappa shape index (κ3) is 4.75. The number of nitrogens with one attached hydrogen (secondary N) is 1. The van der Waals surface area contributed by atoms with E-state index in [9.17, 15) is 4.79 Å². The molecule has 1 heterocycles. The van der Waals surface area contributed by atoms with Gasteiger partial charge in [0.15, 0.2) is 18.3 Å². The van der Waals surface area contributed by atoms with Gasteiger partial charge >= 0.3 is 0 Å². The Balaban J connectivity index is 1.66. The minimum Gasteiger partial charge on any atom is -0.463 e. The average Bonchev–Trinajstić information content (AvgIpc) is 3.17. The van der Waals surface area contributed by atoms with Crippen molar-refractivity contribution in [2.45, 2.75) is 10.9 Å². The molecule has 25 heavy (non-hydrogen) atoms. The van der Waals surface area contributed by atoms with Gasteiger partial charge < -0.3 is 15.1 Å². The van der Waals surface area contributed by atoms with Crippen molar-refractivity contribution >= 4 is 23.4 Å². The van der Waals surface area contributed by atoms with Crippen LogP contribution in [0.5, 0.6) is 0 Å². The van der Waals surface area contributed by atoms with Crippen LogP contribution in [0.25, 0.3) is 0 Å². The first-order chi connectivity index (χ1) is 12.3. The van der Waals surface area contributed by atoms with E-state index in [0.29, 0.717) is 6.54 Å². The van der Waals surface area contributed by atoms with Crippen LogP contribution in [0.1, 0.15) is 17.4 Å². The highest BCUT2D eigenvalue weighted by Crippen LogP contribution is 2.19. The number of thioether (sulfide) groups is 1. The van der Waals surface area contributed by atoms with Crippen molar-refractivity contribution in [3.05, 3.63) is 84.3 Å². The van der Waals surface area contributed by atoms with E-state index in [2.05, 4.69) is 5.32 Å². The maximum Gasteiger partial charge on any atom is 0.279 e. The molecule has 0 saturated carbocycles.